The Kier molecular flexibility index (Phi) is 2.76. The van der Waals surface area contributed by atoms with E-state index in [2.05, 4.69) is 22.3 Å². The molecule has 1 saturated heterocycles. The van der Waals surface area contributed by atoms with Crippen LogP contribution >= 0.6 is 11.6 Å². The monoisotopic (exact) mass is 250 g/mol. The van der Waals surface area contributed by atoms with E-state index in [1.807, 2.05) is 22.9 Å². The summed E-state index contributed by atoms with van der Waals surface area (Å²) in [4.78, 5) is 2.36. The van der Waals surface area contributed by atoms with Crippen LogP contribution in [0, 0.1) is 5.92 Å². The van der Waals surface area contributed by atoms with Gasteiger partial charge < -0.3 is 4.90 Å². The number of likely N-dealkylation sites (tertiary alicyclic amines) is 1. The van der Waals surface area contributed by atoms with Crippen molar-refractivity contribution < 1.29 is 0 Å². The lowest BCUT2D eigenvalue weighted by molar-refractivity contribution is 0.370. The molecule has 90 valence electrons. The first-order valence-corrected chi connectivity index (χ1v) is 6.27. The molecule has 2 heterocycles. The number of hydrogen-bond acceptors (Lipinski definition) is 3. The van der Waals surface area contributed by atoms with Gasteiger partial charge in [-0.1, -0.05) is 16.8 Å². The number of halogens is 1. The third-order valence-corrected chi connectivity index (χ3v) is 3.63. The minimum atomic E-state index is 0.681. The predicted octanol–water partition coefficient (Wildman–Crippen LogP) is 2.04. The van der Waals surface area contributed by atoms with Gasteiger partial charge in [0.1, 0.15) is 5.52 Å². The van der Waals surface area contributed by atoms with E-state index >= 15 is 0 Å². The zero-order chi connectivity index (χ0) is 11.8. The van der Waals surface area contributed by atoms with E-state index in [-0.39, 0.29) is 0 Å². The largest absolute Gasteiger partial charge is 0.306 e. The average molecular weight is 251 g/mol. The van der Waals surface area contributed by atoms with Crippen molar-refractivity contribution >= 4 is 22.6 Å². The summed E-state index contributed by atoms with van der Waals surface area (Å²) in [5.41, 5.74) is 1.95. The molecule has 1 aliphatic heterocycles. The molecule has 1 aromatic heterocycles. The Morgan fingerprint density at radius 2 is 2.35 bits per heavy atom. The molecule has 0 bridgehead atoms. The molecule has 1 aromatic carbocycles. The fourth-order valence-corrected chi connectivity index (χ4v) is 2.67. The molecule has 0 saturated carbocycles. The molecule has 0 radical (unpaired) electrons. The zero-order valence-corrected chi connectivity index (χ0v) is 10.6. The van der Waals surface area contributed by atoms with Crippen LogP contribution in [-0.2, 0) is 6.54 Å². The molecule has 0 spiro atoms. The van der Waals surface area contributed by atoms with Crippen molar-refractivity contribution in [2.75, 3.05) is 20.1 Å². The Hall–Kier alpha value is -1.13. The molecular weight excluding hydrogens is 236 g/mol. The number of hydrogen-bond donors (Lipinski definition) is 0. The molecule has 17 heavy (non-hydrogen) atoms. The summed E-state index contributed by atoms with van der Waals surface area (Å²) < 4.78 is 2.00. The van der Waals surface area contributed by atoms with Crippen molar-refractivity contribution in [2.24, 2.45) is 5.92 Å². The Balaban J connectivity index is 1.85. The summed E-state index contributed by atoms with van der Waals surface area (Å²) in [6.07, 6.45) is 1.24. The van der Waals surface area contributed by atoms with Crippen molar-refractivity contribution in [3.8, 4) is 0 Å². The van der Waals surface area contributed by atoms with Crippen LogP contribution in [0.3, 0.4) is 0 Å². The SMILES string of the molecule is CN1CCC(Cn2nnc3cc(Cl)ccc32)C1. The summed E-state index contributed by atoms with van der Waals surface area (Å²) in [6, 6.07) is 5.75. The quantitative estimate of drug-likeness (QED) is 0.818. The smallest absolute Gasteiger partial charge is 0.114 e. The van der Waals surface area contributed by atoms with E-state index in [4.69, 9.17) is 11.6 Å². The van der Waals surface area contributed by atoms with Crippen LogP contribution in [0.25, 0.3) is 11.0 Å². The van der Waals surface area contributed by atoms with E-state index in [0.29, 0.717) is 10.9 Å². The first-order valence-electron chi connectivity index (χ1n) is 5.89. The van der Waals surface area contributed by atoms with Crippen molar-refractivity contribution in [3.63, 3.8) is 0 Å². The Morgan fingerprint density at radius 3 is 3.12 bits per heavy atom. The minimum absolute atomic E-state index is 0.681. The van der Waals surface area contributed by atoms with Crippen LogP contribution in [0.1, 0.15) is 6.42 Å². The van der Waals surface area contributed by atoms with Crippen LogP contribution in [-0.4, -0.2) is 40.0 Å². The van der Waals surface area contributed by atoms with Gasteiger partial charge in [0.25, 0.3) is 0 Å². The standard InChI is InChI=1S/C12H15ClN4/c1-16-5-4-9(7-16)8-17-12-3-2-10(13)6-11(12)14-15-17/h2-3,6,9H,4-5,7-8H2,1H3. The van der Waals surface area contributed by atoms with Crippen molar-refractivity contribution in [1.29, 1.82) is 0 Å². The van der Waals surface area contributed by atoms with Gasteiger partial charge in [-0.25, -0.2) is 4.68 Å². The maximum absolute atomic E-state index is 5.93. The molecule has 1 fully saturated rings. The van der Waals surface area contributed by atoms with E-state index < -0.39 is 0 Å². The number of fused-ring (bicyclic) bond motifs is 1. The maximum atomic E-state index is 5.93. The predicted molar refractivity (Wildman–Crippen MR) is 68.1 cm³/mol. The van der Waals surface area contributed by atoms with Gasteiger partial charge in [0, 0.05) is 18.1 Å². The van der Waals surface area contributed by atoms with Gasteiger partial charge in [0.2, 0.25) is 0 Å². The summed E-state index contributed by atoms with van der Waals surface area (Å²) in [7, 11) is 2.17. The first kappa shape index (κ1) is 11.0. The van der Waals surface area contributed by atoms with Gasteiger partial charge in [-0.2, -0.15) is 0 Å². The molecule has 4 nitrogen and oxygen atoms in total. The van der Waals surface area contributed by atoms with E-state index in [9.17, 15) is 0 Å². The van der Waals surface area contributed by atoms with Gasteiger partial charge >= 0.3 is 0 Å². The van der Waals surface area contributed by atoms with Gasteiger partial charge in [0.15, 0.2) is 0 Å². The Labute approximate surface area is 105 Å². The van der Waals surface area contributed by atoms with Gasteiger partial charge in [-0.3, -0.25) is 0 Å². The second kappa shape index (κ2) is 4.27. The number of aromatic nitrogens is 3. The third-order valence-electron chi connectivity index (χ3n) is 3.40. The highest BCUT2D eigenvalue weighted by molar-refractivity contribution is 6.31. The average Bonchev–Trinajstić information content (AvgIpc) is 2.86. The Bertz CT molecular complexity index is 536. The molecule has 1 aliphatic rings. The van der Waals surface area contributed by atoms with Gasteiger partial charge in [-0.05, 0) is 44.1 Å². The topological polar surface area (TPSA) is 34.0 Å². The zero-order valence-electron chi connectivity index (χ0n) is 9.80. The van der Waals surface area contributed by atoms with E-state index in [1.165, 1.54) is 13.0 Å². The summed E-state index contributed by atoms with van der Waals surface area (Å²) in [5.74, 6) is 0.681. The molecule has 5 heteroatoms. The highest BCUT2D eigenvalue weighted by atomic mass is 35.5. The van der Waals surface area contributed by atoms with Crippen LogP contribution in [0.15, 0.2) is 18.2 Å². The van der Waals surface area contributed by atoms with Crippen molar-refractivity contribution in [1.82, 2.24) is 19.9 Å². The van der Waals surface area contributed by atoms with E-state index in [1.54, 1.807) is 0 Å². The first-order chi connectivity index (χ1) is 8.22. The van der Waals surface area contributed by atoms with Crippen LogP contribution < -0.4 is 0 Å². The second-order valence-electron chi connectivity index (χ2n) is 4.82. The summed E-state index contributed by atoms with van der Waals surface area (Å²) in [5, 5.41) is 9.08. The van der Waals surface area contributed by atoms with Gasteiger partial charge in [0.05, 0.1) is 5.52 Å². The lowest BCUT2D eigenvalue weighted by Gasteiger charge is -2.10. The van der Waals surface area contributed by atoms with Crippen molar-refractivity contribution in [3.05, 3.63) is 23.2 Å². The summed E-state index contributed by atoms with van der Waals surface area (Å²) >= 11 is 5.93. The summed E-state index contributed by atoms with van der Waals surface area (Å²) in [6.45, 7) is 3.28. The van der Waals surface area contributed by atoms with E-state index in [0.717, 1.165) is 24.1 Å². The minimum Gasteiger partial charge on any atom is -0.306 e. The second-order valence-corrected chi connectivity index (χ2v) is 5.26. The number of nitrogens with zero attached hydrogens (tertiary/aromatic N) is 4. The van der Waals surface area contributed by atoms with Crippen LogP contribution in [0.2, 0.25) is 5.02 Å². The van der Waals surface area contributed by atoms with Crippen molar-refractivity contribution in [2.45, 2.75) is 13.0 Å². The fourth-order valence-electron chi connectivity index (χ4n) is 2.50. The fraction of sp³-hybridized carbons (Fsp3) is 0.500. The number of rotatable bonds is 2. The molecule has 3 rings (SSSR count). The van der Waals surface area contributed by atoms with Crippen LogP contribution in [0.5, 0.6) is 0 Å². The highest BCUT2D eigenvalue weighted by Gasteiger charge is 2.20. The maximum Gasteiger partial charge on any atom is 0.114 e. The molecule has 1 atom stereocenters. The lowest BCUT2D eigenvalue weighted by Crippen LogP contribution is -2.17. The molecule has 0 amide bonds. The highest BCUT2D eigenvalue weighted by Crippen LogP contribution is 2.20. The molecule has 0 aliphatic carbocycles. The molecular formula is C12H15ClN4. The normalized spacial score (nSPS) is 21.4. The molecule has 0 N–H and O–H groups in total. The molecule has 1 unspecified atom stereocenters. The third kappa shape index (κ3) is 2.15. The lowest BCUT2D eigenvalue weighted by atomic mass is 10.1. The Morgan fingerprint density at radius 1 is 1.47 bits per heavy atom. The van der Waals surface area contributed by atoms with Crippen LogP contribution in [0.4, 0.5) is 0 Å². The number of benzene rings is 1. The van der Waals surface area contributed by atoms with Gasteiger partial charge in [-0.15, -0.1) is 5.10 Å². The molecule has 2 aromatic rings.